The third-order valence-corrected chi connectivity index (χ3v) is 5.95. The zero-order valence-electron chi connectivity index (χ0n) is 13.6. The lowest BCUT2D eigenvalue weighted by Gasteiger charge is -2.20. The third-order valence-electron chi connectivity index (χ3n) is 3.59. The van der Waals surface area contributed by atoms with Crippen LogP contribution in [0.5, 0.6) is 5.75 Å². The van der Waals surface area contributed by atoms with Gasteiger partial charge in [0.1, 0.15) is 5.75 Å². The summed E-state index contributed by atoms with van der Waals surface area (Å²) in [6, 6.07) is 7.42. The molecule has 1 aromatic rings. The Morgan fingerprint density at radius 3 is 2.14 bits per heavy atom. The van der Waals surface area contributed by atoms with Gasteiger partial charge in [0.05, 0.1) is 17.1 Å². The second-order valence-electron chi connectivity index (χ2n) is 5.63. The molecule has 120 valence electrons. The second-order valence-corrected chi connectivity index (χ2v) is 8.09. The summed E-state index contributed by atoms with van der Waals surface area (Å²) in [6.07, 6.45) is 0.765. The van der Waals surface area contributed by atoms with E-state index < -0.39 is 9.84 Å². The summed E-state index contributed by atoms with van der Waals surface area (Å²) in [5.41, 5.74) is 0.959. The highest BCUT2D eigenvalue weighted by Gasteiger charge is 2.24. The van der Waals surface area contributed by atoms with Crippen molar-refractivity contribution < 1.29 is 13.2 Å². The summed E-state index contributed by atoms with van der Waals surface area (Å²) < 4.78 is 30.1. The Bertz CT molecular complexity index is 523. The fourth-order valence-electron chi connectivity index (χ4n) is 2.05. The van der Waals surface area contributed by atoms with Crippen LogP contribution < -0.4 is 10.1 Å². The van der Waals surface area contributed by atoms with Crippen LogP contribution in [0.1, 0.15) is 45.7 Å². The van der Waals surface area contributed by atoms with Crippen molar-refractivity contribution >= 4 is 9.84 Å². The van der Waals surface area contributed by atoms with Gasteiger partial charge in [0.2, 0.25) is 0 Å². The van der Waals surface area contributed by atoms with Crippen LogP contribution in [0, 0.1) is 0 Å². The van der Waals surface area contributed by atoms with Gasteiger partial charge in [0.15, 0.2) is 9.84 Å². The number of benzene rings is 1. The number of rotatable bonds is 8. The minimum absolute atomic E-state index is 0.114. The molecule has 1 aromatic carbocycles. The first-order valence-corrected chi connectivity index (χ1v) is 9.17. The molecule has 0 heterocycles. The summed E-state index contributed by atoms with van der Waals surface area (Å²) in [5.74, 6) is 0.913. The normalized spacial score (nSPS) is 15.0. The zero-order chi connectivity index (χ0) is 16.0. The van der Waals surface area contributed by atoms with E-state index in [-0.39, 0.29) is 23.1 Å². The molecule has 2 atom stereocenters. The smallest absolute Gasteiger partial charge is 0.154 e. The maximum absolute atomic E-state index is 12.3. The number of hydrogen-bond donors (Lipinski definition) is 1. The minimum Gasteiger partial charge on any atom is -0.491 e. The SMILES string of the molecule is CCC(C)S(=O)(=O)CC(NC)c1ccc(OC(C)C)cc1. The van der Waals surface area contributed by atoms with Crippen LogP contribution in [0.4, 0.5) is 0 Å². The predicted molar refractivity (Wildman–Crippen MR) is 87.5 cm³/mol. The molecule has 0 saturated heterocycles. The van der Waals surface area contributed by atoms with Crippen molar-refractivity contribution in [2.24, 2.45) is 0 Å². The van der Waals surface area contributed by atoms with Gasteiger partial charge in [-0.3, -0.25) is 0 Å². The first kappa shape index (κ1) is 18.0. The standard InChI is InChI=1S/C16H27NO3S/c1-6-13(4)21(18,19)11-16(17-5)14-7-9-15(10-8-14)20-12(2)3/h7-10,12-13,16-17H,6,11H2,1-5H3. The first-order valence-electron chi connectivity index (χ1n) is 7.45. The van der Waals surface area contributed by atoms with Gasteiger partial charge in [-0.1, -0.05) is 19.1 Å². The van der Waals surface area contributed by atoms with Crippen LogP contribution in [-0.4, -0.2) is 32.6 Å². The van der Waals surface area contributed by atoms with E-state index in [4.69, 9.17) is 4.74 Å². The van der Waals surface area contributed by atoms with Crippen molar-refractivity contribution in [1.82, 2.24) is 5.32 Å². The van der Waals surface area contributed by atoms with Gasteiger partial charge in [-0.25, -0.2) is 8.42 Å². The van der Waals surface area contributed by atoms with Crippen molar-refractivity contribution in [3.05, 3.63) is 29.8 Å². The van der Waals surface area contributed by atoms with E-state index in [2.05, 4.69) is 5.32 Å². The zero-order valence-corrected chi connectivity index (χ0v) is 14.4. The molecular weight excluding hydrogens is 286 g/mol. The molecule has 0 amide bonds. The van der Waals surface area contributed by atoms with Gasteiger partial charge in [-0.05, 0) is 51.9 Å². The van der Waals surface area contributed by atoms with Crippen molar-refractivity contribution in [3.8, 4) is 5.75 Å². The molecule has 21 heavy (non-hydrogen) atoms. The molecule has 0 spiro atoms. The lowest BCUT2D eigenvalue weighted by Crippen LogP contribution is -2.30. The molecule has 1 N–H and O–H groups in total. The summed E-state index contributed by atoms with van der Waals surface area (Å²) in [5, 5.41) is 2.79. The topological polar surface area (TPSA) is 55.4 Å². The van der Waals surface area contributed by atoms with Gasteiger partial charge < -0.3 is 10.1 Å². The number of nitrogens with one attached hydrogen (secondary N) is 1. The molecule has 0 saturated carbocycles. The van der Waals surface area contributed by atoms with E-state index >= 15 is 0 Å². The van der Waals surface area contributed by atoms with Gasteiger partial charge in [0.25, 0.3) is 0 Å². The van der Waals surface area contributed by atoms with E-state index in [0.717, 1.165) is 11.3 Å². The summed E-state index contributed by atoms with van der Waals surface area (Å²) >= 11 is 0. The molecular formula is C16H27NO3S. The molecule has 0 radical (unpaired) electrons. The number of ether oxygens (including phenoxy) is 1. The molecule has 0 bridgehead atoms. The highest BCUT2D eigenvalue weighted by Crippen LogP contribution is 2.21. The lowest BCUT2D eigenvalue weighted by atomic mass is 10.1. The van der Waals surface area contributed by atoms with Crippen molar-refractivity contribution in [2.45, 2.75) is 51.5 Å². The van der Waals surface area contributed by atoms with E-state index in [0.29, 0.717) is 6.42 Å². The molecule has 1 rings (SSSR count). The Balaban J connectivity index is 2.86. The second kappa shape index (κ2) is 7.80. The minimum atomic E-state index is -3.09. The third kappa shape index (κ3) is 5.32. The van der Waals surface area contributed by atoms with Crippen LogP contribution >= 0.6 is 0 Å². The summed E-state index contributed by atoms with van der Waals surface area (Å²) in [7, 11) is -1.31. The molecule has 0 fully saturated rings. The van der Waals surface area contributed by atoms with Crippen molar-refractivity contribution in [3.63, 3.8) is 0 Å². The summed E-state index contributed by atoms with van der Waals surface area (Å²) in [6.45, 7) is 7.61. The number of hydrogen-bond acceptors (Lipinski definition) is 4. The Kier molecular flexibility index (Phi) is 6.68. The van der Waals surface area contributed by atoms with Gasteiger partial charge in [0, 0.05) is 6.04 Å². The van der Waals surface area contributed by atoms with E-state index in [1.54, 1.807) is 14.0 Å². The van der Waals surface area contributed by atoms with Crippen LogP contribution in [0.2, 0.25) is 0 Å². The largest absolute Gasteiger partial charge is 0.491 e. The average Bonchev–Trinajstić information content (AvgIpc) is 2.44. The maximum Gasteiger partial charge on any atom is 0.154 e. The van der Waals surface area contributed by atoms with Crippen LogP contribution in [0.25, 0.3) is 0 Å². The summed E-state index contributed by atoms with van der Waals surface area (Å²) in [4.78, 5) is 0. The predicted octanol–water partition coefficient (Wildman–Crippen LogP) is 2.95. The van der Waals surface area contributed by atoms with Gasteiger partial charge >= 0.3 is 0 Å². The molecule has 5 heteroatoms. The van der Waals surface area contributed by atoms with E-state index in [9.17, 15) is 8.42 Å². The number of sulfone groups is 1. The van der Waals surface area contributed by atoms with Crippen LogP contribution in [0.3, 0.4) is 0 Å². The highest BCUT2D eigenvalue weighted by atomic mass is 32.2. The Labute approximate surface area is 128 Å². The molecule has 0 aliphatic heterocycles. The van der Waals surface area contributed by atoms with Crippen molar-refractivity contribution in [1.29, 1.82) is 0 Å². The average molecular weight is 313 g/mol. The van der Waals surface area contributed by atoms with E-state index in [1.807, 2.05) is 45.0 Å². The Hall–Kier alpha value is -1.07. The lowest BCUT2D eigenvalue weighted by molar-refractivity contribution is 0.242. The molecule has 0 aromatic heterocycles. The fourth-order valence-corrected chi connectivity index (χ4v) is 3.71. The van der Waals surface area contributed by atoms with Crippen LogP contribution in [0.15, 0.2) is 24.3 Å². The van der Waals surface area contributed by atoms with E-state index in [1.165, 1.54) is 0 Å². The molecule has 4 nitrogen and oxygen atoms in total. The first-order chi connectivity index (χ1) is 9.80. The molecule has 2 unspecified atom stereocenters. The highest BCUT2D eigenvalue weighted by molar-refractivity contribution is 7.92. The maximum atomic E-state index is 12.3. The van der Waals surface area contributed by atoms with Gasteiger partial charge in [-0.2, -0.15) is 0 Å². The monoisotopic (exact) mass is 313 g/mol. The van der Waals surface area contributed by atoms with Crippen LogP contribution in [-0.2, 0) is 9.84 Å². The quantitative estimate of drug-likeness (QED) is 0.801. The van der Waals surface area contributed by atoms with Gasteiger partial charge in [-0.15, -0.1) is 0 Å². The van der Waals surface area contributed by atoms with Crippen molar-refractivity contribution in [2.75, 3.05) is 12.8 Å². The molecule has 0 aliphatic rings. The molecule has 0 aliphatic carbocycles. The fraction of sp³-hybridized carbons (Fsp3) is 0.625. The Morgan fingerprint density at radius 1 is 1.14 bits per heavy atom. The Morgan fingerprint density at radius 2 is 1.71 bits per heavy atom.